The Bertz CT molecular complexity index is 1150. The topological polar surface area (TPSA) is 54.0 Å². The fourth-order valence-corrected chi connectivity index (χ4v) is 5.64. The van der Waals surface area contributed by atoms with Crippen molar-refractivity contribution < 1.29 is 23.7 Å². The molecule has 0 heterocycles. The van der Waals surface area contributed by atoms with Gasteiger partial charge in [0, 0.05) is 11.8 Å². The van der Waals surface area contributed by atoms with Crippen molar-refractivity contribution in [1.29, 1.82) is 0 Å². The molecule has 0 amide bonds. The SMILES string of the molecule is COC(=O)[C@@H]1CC=C[C@H]2[C@@H](OCc3ccccc3)[C@H](OCc3ccccc3)[C@H](OCc3ccccc3)[C@H]21. The molecule has 0 saturated heterocycles. The van der Waals surface area contributed by atoms with Gasteiger partial charge in [-0.2, -0.15) is 0 Å². The summed E-state index contributed by atoms with van der Waals surface area (Å²) in [6.07, 6.45) is 3.94. The van der Waals surface area contributed by atoms with E-state index in [1.807, 2.05) is 66.7 Å². The van der Waals surface area contributed by atoms with Crippen molar-refractivity contribution in [3.05, 3.63) is 120 Å². The maximum absolute atomic E-state index is 12.9. The highest BCUT2D eigenvalue weighted by molar-refractivity contribution is 5.73. The first-order chi connectivity index (χ1) is 18.2. The number of fused-ring (bicyclic) bond motifs is 1. The fourth-order valence-electron chi connectivity index (χ4n) is 5.64. The Morgan fingerprint density at radius 1 is 0.676 bits per heavy atom. The second kappa shape index (κ2) is 12.3. The van der Waals surface area contributed by atoms with E-state index in [9.17, 15) is 4.79 Å². The van der Waals surface area contributed by atoms with E-state index in [1.165, 1.54) is 7.11 Å². The van der Waals surface area contributed by atoms with Crippen molar-refractivity contribution in [2.75, 3.05) is 7.11 Å². The maximum Gasteiger partial charge on any atom is 0.309 e. The summed E-state index contributed by atoms with van der Waals surface area (Å²) >= 11 is 0. The van der Waals surface area contributed by atoms with Crippen LogP contribution in [0.2, 0.25) is 0 Å². The number of hydrogen-bond acceptors (Lipinski definition) is 5. The lowest BCUT2D eigenvalue weighted by Gasteiger charge is -2.32. The average molecular weight is 499 g/mol. The number of benzene rings is 3. The van der Waals surface area contributed by atoms with Crippen LogP contribution in [0.1, 0.15) is 23.1 Å². The molecule has 2 aliphatic carbocycles. The molecule has 0 aliphatic heterocycles. The number of ether oxygens (including phenoxy) is 4. The Balaban J connectivity index is 1.45. The first-order valence-electron chi connectivity index (χ1n) is 13.0. The van der Waals surface area contributed by atoms with E-state index < -0.39 is 0 Å². The first kappa shape index (κ1) is 25.4. The van der Waals surface area contributed by atoms with Crippen molar-refractivity contribution in [1.82, 2.24) is 0 Å². The van der Waals surface area contributed by atoms with E-state index in [1.54, 1.807) is 0 Å². The van der Waals surface area contributed by atoms with Crippen molar-refractivity contribution in [3.63, 3.8) is 0 Å². The number of esters is 1. The van der Waals surface area contributed by atoms with Crippen LogP contribution in [0.5, 0.6) is 0 Å². The van der Waals surface area contributed by atoms with Crippen LogP contribution in [0.25, 0.3) is 0 Å². The fraction of sp³-hybridized carbons (Fsp3) is 0.344. The van der Waals surface area contributed by atoms with E-state index in [0.29, 0.717) is 26.2 Å². The second-order valence-corrected chi connectivity index (χ2v) is 9.73. The van der Waals surface area contributed by atoms with Gasteiger partial charge in [0.05, 0.1) is 45.1 Å². The largest absolute Gasteiger partial charge is 0.469 e. The molecule has 1 saturated carbocycles. The minimum Gasteiger partial charge on any atom is -0.469 e. The Morgan fingerprint density at radius 2 is 1.14 bits per heavy atom. The van der Waals surface area contributed by atoms with Gasteiger partial charge in [-0.05, 0) is 23.1 Å². The Labute approximate surface area is 219 Å². The van der Waals surface area contributed by atoms with Crippen LogP contribution < -0.4 is 0 Å². The number of carbonyl (C=O) groups excluding carboxylic acids is 1. The Hall–Kier alpha value is -3.25. The van der Waals surface area contributed by atoms with Gasteiger partial charge in [-0.3, -0.25) is 4.79 Å². The van der Waals surface area contributed by atoms with Gasteiger partial charge in [-0.1, -0.05) is 103 Å². The van der Waals surface area contributed by atoms with E-state index >= 15 is 0 Å². The summed E-state index contributed by atoms with van der Waals surface area (Å²) in [5.74, 6) is -0.655. The average Bonchev–Trinajstić information content (AvgIpc) is 3.27. The van der Waals surface area contributed by atoms with Crippen LogP contribution in [0, 0.1) is 17.8 Å². The van der Waals surface area contributed by atoms with E-state index in [2.05, 4.69) is 36.4 Å². The molecule has 5 heteroatoms. The lowest BCUT2D eigenvalue weighted by atomic mass is 9.76. The van der Waals surface area contributed by atoms with Crippen molar-refractivity contribution >= 4 is 5.97 Å². The van der Waals surface area contributed by atoms with Crippen LogP contribution >= 0.6 is 0 Å². The molecule has 5 rings (SSSR count). The highest BCUT2D eigenvalue weighted by Gasteiger charge is 2.57. The number of allylic oxidation sites excluding steroid dienone is 1. The summed E-state index contributed by atoms with van der Waals surface area (Å²) in [5.41, 5.74) is 3.26. The van der Waals surface area contributed by atoms with Crippen molar-refractivity contribution in [2.45, 2.75) is 44.6 Å². The van der Waals surface area contributed by atoms with Crippen LogP contribution in [-0.2, 0) is 43.6 Å². The monoisotopic (exact) mass is 498 g/mol. The van der Waals surface area contributed by atoms with Gasteiger partial charge in [0.1, 0.15) is 6.10 Å². The third-order valence-electron chi connectivity index (χ3n) is 7.42. The summed E-state index contributed by atoms with van der Waals surface area (Å²) in [7, 11) is 1.46. The third kappa shape index (κ3) is 6.02. The molecule has 1 fully saturated rings. The molecule has 3 aromatic rings. The molecule has 5 nitrogen and oxygen atoms in total. The van der Waals surface area contributed by atoms with Gasteiger partial charge in [-0.15, -0.1) is 0 Å². The molecule has 2 aliphatic rings. The minimum absolute atomic E-state index is 0.0249. The van der Waals surface area contributed by atoms with E-state index in [0.717, 1.165) is 16.7 Å². The van der Waals surface area contributed by atoms with Gasteiger partial charge >= 0.3 is 5.97 Å². The quantitative estimate of drug-likeness (QED) is 0.264. The zero-order valence-electron chi connectivity index (χ0n) is 21.1. The second-order valence-electron chi connectivity index (χ2n) is 9.73. The first-order valence-corrected chi connectivity index (χ1v) is 13.0. The van der Waals surface area contributed by atoms with E-state index in [4.69, 9.17) is 18.9 Å². The highest BCUT2D eigenvalue weighted by atomic mass is 16.6. The molecule has 192 valence electrons. The smallest absolute Gasteiger partial charge is 0.309 e. The molecule has 6 atom stereocenters. The zero-order chi connectivity index (χ0) is 25.5. The summed E-state index contributed by atoms with van der Waals surface area (Å²) in [4.78, 5) is 12.9. The van der Waals surface area contributed by atoms with Crippen molar-refractivity contribution in [2.24, 2.45) is 17.8 Å². The van der Waals surface area contributed by atoms with Crippen LogP contribution in [0.3, 0.4) is 0 Å². The number of methoxy groups -OCH3 is 1. The zero-order valence-corrected chi connectivity index (χ0v) is 21.1. The van der Waals surface area contributed by atoms with Crippen LogP contribution in [0.15, 0.2) is 103 Å². The van der Waals surface area contributed by atoms with Gasteiger partial charge in [0.25, 0.3) is 0 Å². The van der Waals surface area contributed by atoms with Crippen LogP contribution in [0.4, 0.5) is 0 Å². The molecule has 0 spiro atoms. The number of carbonyl (C=O) groups is 1. The molecule has 0 aromatic heterocycles. The molecule has 3 aromatic carbocycles. The Morgan fingerprint density at radius 3 is 1.62 bits per heavy atom. The normalized spacial score (nSPS) is 26.5. The lowest BCUT2D eigenvalue weighted by Crippen LogP contribution is -2.40. The molecule has 0 radical (unpaired) electrons. The molecular weight excluding hydrogens is 464 g/mol. The van der Waals surface area contributed by atoms with E-state index in [-0.39, 0.29) is 42.0 Å². The van der Waals surface area contributed by atoms with Crippen LogP contribution in [-0.4, -0.2) is 31.4 Å². The molecule has 0 bridgehead atoms. The molecule has 0 N–H and O–H groups in total. The third-order valence-corrected chi connectivity index (χ3v) is 7.42. The van der Waals surface area contributed by atoms with Gasteiger partial charge in [0.2, 0.25) is 0 Å². The maximum atomic E-state index is 12.9. The highest BCUT2D eigenvalue weighted by Crippen LogP contribution is 2.47. The summed E-state index contributed by atoms with van der Waals surface area (Å²) in [6, 6.07) is 30.4. The van der Waals surface area contributed by atoms with Crippen molar-refractivity contribution in [3.8, 4) is 0 Å². The summed E-state index contributed by atoms with van der Waals surface area (Å²) in [6.45, 7) is 1.33. The number of hydrogen-bond donors (Lipinski definition) is 0. The standard InChI is InChI=1S/C32H34O5/c1-34-32(33)27-19-11-18-26-28(27)30(36-21-24-14-7-3-8-15-24)31(37-22-25-16-9-4-10-17-25)29(26)35-20-23-12-5-2-6-13-23/h2-18,26-31H,19-22H2,1H3/t26-,27-,28-,29-,30-,31+/m1/s1. The predicted octanol–water partition coefficient (Wildman–Crippen LogP) is 5.74. The van der Waals surface area contributed by atoms with Gasteiger partial charge in [-0.25, -0.2) is 0 Å². The molecule has 37 heavy (non-hydrogen) atoms. The van der Waals surface area contributed by atoms with Gasteiger partial charge < -0.3 is 18.9 Å². The molecule has 0 unspecified atom stereocenters. The Kier molecular flexibility index (Phi) is 8.46. The van der Waals surface area contributed by atoms with Gasteiger partial charge in [0.15, 0.2) is 0 Å². The minimum atomic E-state index is -0.350. The summed E-state index contributed by atoms with van der Waals surface area (Å²) < 4.78 is 25.1. The summed E-state index contributed by atoms with van der Waals surface area (Å²) in [5, 5.41) is 0. The number of rotatable bonds is 10. The lowest BCUT2D eigenvalue weighted by molar-refractivity contribution is -0.153. The molecular formula is C32H34O5. The predicted molar refractivity (Wildman–Crippen MR) is 141 cm³/mol.